The maximum Gasteiger partial charge on any atom is 2.00 e. The Morgan fingerprint density at radius 2 is 0.600 bits per heavy atom. The number of carbonyl (C=O) groups excluding carboxylic acids is 2. The van der Waals surface area contributed by atoms with Gasteiger partial charge < -0.3 is 83.1 Å². The van der Waals surface area contributed by atoms with Gasteiger partial charge in [0.05, 0.1) is 57.5 Å². The van der Waals surface area contributed by atoms with Gasteiger partial charge in [0.1, 0.15) is 0 Å². The average molecular weight is 1470 g/mol. The van der Waals surface area contributed by atoms with Crippen LogP contribution >= 0.6 is 0 Å². The van der Waals surface area contributed by atoms with Gasteiger partial charge in [-0.25, -0.2) is 19.9 Å². The number of nitrogens with two attached hydrogens (primary N) is 4. The number of rotatable bonds is 26. The van der Waals surface area contributed by atoms with Crippen LogP contribution < -0.4 is 33.1 Å². The first kappa shape index (κ1) is 83.3. The number of unbranched alkanes of at least 4 members (excludes halogenated alkanes) is 2. The minimum Gasteiger partial charge on any atom is -0.548 e. The maximum atomic E-state index is 11.5. The minimum atomic E-state index is -1.18. The molecule has 6 aromatic heterocycles. The summed E-state index contributed by atoms with van der Waals surface area (Å²) < 4.78 is 0. The number of carbonyl (C=O) groups is 6. The zero-order valence-corrected chi connectivity index (χ0v) is 61.8. The summed E-state index contributed by atoms with van der Waals surface area (Å²) in [5.41, 5.74) is 48.1. The van der Waals surface area contributed by atoms with E-state index in [0.717, 1.165) is 182 Å². The normalized spacial score (nSPS) is 12.9. The van der Waals surface area contributed by atoms with Crippen LogP contribution in [0.4, 0.5) is 0 Å². The molecule has 554 valence electrons. The smallest absolute Gasteiger partial charge is 0.548 e. The van der Waals surface area contributed by atoms with Crippen molar-refractivity contribution in [3.8, 4) is 0 Å². The van der Waals surface area contributed by atoms with Gasteiger partial charge in [0.15, 0.2) is 0 Å². The average Bonchev–Trinajstić information content (AvgIpc) is 1.63. The second kappa shape index (κ2) is 37.7. The molecule has 0 spiro atoms. The molecule has 0 aromatic carbocycles. The van der Waals surface area contributed by atoms with Crippen molar-refractivity contribution in [3.63, 3.8) is 0 Å². The van der Waals surface area contributed by atoms with Crippen LogP contribution in [-0.2, 0) is 45.8 Å². The van der Waals surface area contributed by atoms with Crippen LogP contribution in [0, 0.1) is 27.7 Å². The van der Waals surface area contributed by atoms with E-state index in [9.17, 15) is 59.4 Å². The Kier molecular flexibility index (Phi) is 29.9. The van der Waals surface area contributed by atoms with Crippen LogP contribution in [0.5, 0.6) is 0 Å². The number of H-pyrrole nitrogens is 4. The number of carboxylic acids is 6. The van der Waals surface area contributed by atoms with E-state index in [0.29, 0.717) is 74.4 Å². The Morgan fingerprint density at radius 1 is 0.381 bits per heavy atom. The number of aryl methyl sites for hydroxylation is 4. The zero-order valence-electron chi connectivity index (χ0n) is 60.7. The minimum absolute atomic E-state index is 0. The molecule has 4 aliphatic rings. The number of allylic oxidation sites excluding steroid dienone is 8. The summed E-state index contributed by atoms with van der Waals surface area (Å²) in [6.45, 7) is 33.3. The van der Waals surface area contributed by atoms with Gasteiger partial charge in [0, 0.05) is 104 Å². The predicted molar refractivity (Wildman–Crippen MR) is 411 cm³/mol. The van der Waals surface area contributed by atoms with Crippen molar-refractivity contribution in [2.45, 2.75) is 157 Å². The summed E-state index contributed by atoms with van der Waals surface area (Å²) in [5.74, 6) is -5.92. The molecule has 16 bridgehead atoms. The molecule has 24 nitrogen and oxygen atoms in total. The molecule has 105 heavy (non-hydrogen) atoms. The van der Waals surface area contributed by atoms with Gasteiger partial charge in [0.25, 0.3) is 0 Å². The number of nitrogens with one attached hydrogen (secondary N) is 4. The second-order valence-corrected chi connectivity index (χ2v) is 25.9. The Bertz CT molecular complexity index is 4620. The number of hydrogen-bond acceptors (Lipinski definition) is 16. The quantitative estimate of drug-likeness (QED) is 0.0177. The fourth-order valence-electron chi connectivity index (χ4n) is 12.8. The molecule has 25 heteroatoms. The van der Waals surface area contributed by atoms with E-state index >= 15 is 0 Å². The Labute approximate surface area is 620 Å². The van der Waals surface area contributed by atoms with Gasteiger partial charge in [-0.2, -0.15) is 0 Å². The van der Waals surface area contributed by atoms with Gasteiger partial charge in [-0.1, -0.05) is 63.5 Å². The predicted octanol–water partition coefficient (Wildman–Crippen LogP) is 12.0. The number of nitrogens with zero attached hydrogens (tertiary/aromatic N) is 4. The van der Waals surface area contributed by atoms with Crippen molar-refractivity contribution in [1.82, 2.24) is 39.9 Å². The molecule has 0 fully saturated rings. The largest absolute Gasteiger partial charge is 2.00 e. The first-order valence-electron chi connectivity index (χ1n) is 34.4. The summed E-state index contributed by atoms with van der Waals surface area (Å²) >= 11 is 0. The van der Waals surface area contributed by atoms with Crippen LogP contribution in [0.15, 0.2) is 74.8 Å². The Morgan fingerprint density at radius 3 is 0.810 bits per heavy atom. The van der Waals surface area contributed by atoms with Gasteiger partial charge in [-0.05, 0) is 235 Å². The molecule has 10 heterocycles. The van der Waals surface area contributed by atoms with Crippen molar-refractivity contribution in [3.05, 3.63) is 165 Å². The number of aliphatic carboxylic acids is 6. The third-order valence-corrected chi connectivity index (χ3v) is 19.0. The SMILES string of the molecule is C=Cc1c(C)c2cc3[nH]c(cc4nc(cc5nc(cc1[nH]2)C(C)=C5CCC(=O)O)C(CCC(=O)O)=C4C)c(C)c3C=C.C=Cc1c(C)c2cc3[nH]c(cc4nc(cc5nc(cc1[nH]2)C(C)=C5CCC(=O)O)C(CCC(=O)O)=C4C)c(C)c3C=C.NCCCC[C@H](N)C(=O)[O-].NCCCC[C@H](N)C(=O)[O-].[Fe+2]. The summed E-state index contributed by atoms with van der Waals surface area (Å²) in [6, 6.07) is 14.1. The van der Waals surface area contributed by atoms with Crippen LogP contribution in [0.3, 0.4) is 0 Å². The van der Waals surface area contributed by atoms with Crippen LogP contribution in [0.25, 0.3) is 113 Å². The van der Waals surface area contributed by atoms with E-state index < -0.39 is 47.9 Å². The summed E-state index contributed by atoms with van der Waals surface area (Å²) in [5, 5.41) is 57.8. The number of aromatic nitrogens is 8. The van der Waals surface area contributed by atoms with Crippen LogP contribution in [-0.4, -0.2) is 121 Å². The van der Waals surface area contributed by atoms with Crippen molar-refractivity contribution >= 4 is 149 Å². The van der Waals surface area contributed by atoms with E-state index in [1.165, 1.54) is 0 Å². The van der Waals surface area contributed by atoms with E-state index in [2.05, 4.69) is 58.4 Å². The number of carboxylic acid groups (broad SMARTS) is 6. The monoisotopic (exact) mass is 1470 g/mol. The molecule has 2 atom stereocenters. The Hall–Kier alpha value is -10.7. The van der Waals surface area contributed by atoms with Crippen molar-refractivity contribution in [2.75, 3.05) is 13.1 Å². The van der Waals surface area contributed by atoms with Crippen LogP contribution in [0.2, 0.25) is 0 Å². The fraction of sp³-hybridized carbons (Fsp3) is 0.325. The maximum absolute atomic E-state index is 11.5. The summed E-state index contributed by atoms with van der Waals surface area (Å²) in [7, 11) is 0. The molecule has 4 aliphatic heterocycles. The van der Waals surface area contributed by atoms with Gasteiger partial charge in [-0.15, -0.1) is 0 Å². The molecule has 6 aromatic rings. The summed E-state index contributed by atoms with van der Waals surface area (Å²) in [6.07, 6.45) is 12.5. The van der Waals surface area contributed by atoms with Gasteiger partial charge >= 0.3 is 40.9 Å². The van der Waals surface area contributed by atoms with E-state index in [-0.39, 0.29) is 42.8 Å². The molecule has 0 unspecified atom stereocenters. The number of aromatic amines is 4. The third-order valence-electron chi connectivity index (χ3n) is 19.0. The number of fused-ring (bicyclic) bond motifs is 16. The van der Waals surface area contributed by atoms with Crippen LogP contribution in [0.1, 0.15) is 208 Å². The molecule has 0 amide bonds. The van der Waals surface area contributed by atoms with Gasteiger partial charge in [0.2, 0.25) is 0 Å². The van der Waals surface area contributed by atoms with Gasteiger partial charge in [-0.3, -0.25) is 19.2 Å². The first-order chi connectivity index (χ1) is 49.4. The molecule has 0 radical (unpaired) electrons. The number of hydrogen-bond donors (Lipinski definition) is 12. The van der Waals surface area contributed by atoms with E-state index in [1.807, 2.05) is 116 Å². The van der Waals surface area contributed by atoms with Crippen molar-refractivity contribution in [2.24, 2.45) is 22.9 Å². The van der Waals surface area contributed by atoms with Crippen molar-refractivity contribution < 1.29 is 76.5 Å². The third kappa shape index (κ3) is 20.4. The molecule has 0 saturated carbocycles. The molecule has 0 saturated heterocycles. The first-order valence-corrected chi connectivity index (χ1v) is 34.4. The van der Waals surface area contributed by atoms with E-state index in [1.54, 1.807) is 0 Å². The summed E-state index contributed by atoms with van der Waals surface area (Å²) in [4.78, 5) is 100. The molecular weight excluding hydrogens is 1380 g/mol. The standard InChI is InChI=1S/2C34H34N4O4.2C6H14N2O2.Fe/c2*1-7-21-17(3)25-13-26-19(5)23(9-11-33(39)40)31(37-26)16-32-24(10-12-34(41)42)20(6)28(38-32)15-30-22(8-2)18(4)27(36-30)14-29(21)35-25;2*7-4-2-1-3-5(8)6(9)10;/h2*7-8,13-16,35-36H,1-2,9-12H2,3-6H3,(H,39,40)(H,41,42);2*5H,1-4,7-8H2,(H,9,10);/q;;;;+2/p-2/t;;2*5-;/m..00./s1. The molecule has 0 aliphatic carbocycles. The molecule has 16 N–H and O–H groups in total. The molecule has 10 rings (SSSR count). The van der Waals surface area contributed by atoms with Crippen molar-refractivity contribution in [1.29, 1.82) is 0 Å². The topological polar surface area (TPSA) is 448 Å². The Balaban J connectivity index is 0.000000259. The second-order valence-electron chi connectivity index (χ2n) is 25.9. The van der Waals surface area contributed by atoms with E-state index in [4.69, 9.17) is 42.9 Å². The molecular formula is C80H94FeN12O12. The fourth-order valence-corrected chi connectivity index (χ4v) is 12.8. The zero-order chi connectivity index (χ0) is 76.5.